The Morgan fingerprint density at radius 1 is 1.11 bits per heavy atom. The first kappa shape index (κ1) is 26.7. The molecule has 0 radical (unpaired) electrons. The van der Waals surface area contributed by atoms with Gasteiger partial charge in [-0.1, -0.05) is 54.6 Å². The minimum absolute atomic E-state index is 0.0983. The molecule has 1 N–H and O–H groups in total. The van der Waals surface area contributed by atoms with E-state index in [1.807, 2.05) is 18.2 Å². The van der Waals surface area contributed by atoms with E-state index in [2.05, 4.69) is 60.0 Å². The number of carboxylic acids is 1. The first-order chi connectivity index (χ1) is 16.5. The summed E-state index contributed by atoms with van der Waals surface area (Å²) < 4.78 is 37.7. The van der Waals surface area contributed by atoms with Crippen LogP contribution in [0.5, 0.6) is 0 Å². The Morgan fingerprint density at radius 2 is 1.74 bits per heavy atom. The van der Waals surface area contributed by atoms with Gasteiger partial charge in [0.2, 0.25) is 5.91 Å². The molecule has 2 heterocycles. The van der Waals surface area contributed by atoms with Gasteiger partial charge in [0, 0.05) is 38.0 Å². The zero-order chi connectivity index (χ0) is 25.6. The van der Waals surface area contributed by atoms with E-state index >= 15 is 0 Å². The monoisotopic (exact) mass is 492 g/mol. The van der Waals surface area contributed by atoms with Gasteiger partial charge in [-0.2, -0.15) is 13.2 Å². The predicted molar refractivity (Wildman–Crippen MR) is 125 cm³/mol. The maximum Gasteiger partial charge on any atom is 0.490 e. The summed E-state index contributed by atoms with van der Waals surface area (Å²) >= 11 is 0. The highest BCUT2D eigenvalue weighted by molar-refractivity contribution is 5.80. The lowest BCUT2D eigenvalue weighted by Gasteiger charge is -2.33. The largest absolute Gasteiger partial charge is 0.490 e. The topological polar surface area (TPSA) is 70.1 Å². The second kappa shape index (κ2) is 11.2. The summed E-state index contributed by atoms with van der Waals surface area (Å²) in [4.78, 5) is 26.4. The van der Waals surface area contributed by atoms with Gasteiger partial charge >= 0.3 is 12.1 Å². The minimum atomic E-state index is -5.08. The van der Waals surface area contributed by atoms with Crippen LogP contribution >= 0.6 is 0 Å². The van der Waals surface area contributed by atoms with Crippen molar-refractivity contribution >= 4 is 11.9 Å². The van der Waals surface area contributed by atoms with Crippen molar-refractivity contribution in [2.24, 2.45) is 5.41 Å². The molecule has 2 aromatic rings. The van der Waals surface area contributed by atoms with E-state index in [-0.39, 0.29) is 17.4 Å². The molecule has 2 unspecified atom stereocenters. The van der Waals surface area contributed by atoms with Crippen molar-refractivity contribution in [2.45, 2.75) is 39.0 Å². The Morgan fingerprint density at radius 3 is 2.37 bits per heavy atom. The van der Waals surface area contributed by atoms with Gasteiger partial charge in [0.1, 0.15) is 0 Å². The molecule has 0 bridgehead atoms. The van der Waals surface area contributed by atoms with Crippen LogP contribution in [0.1, 0.15) is 36.1 Å². The number of halogens is 3. The van der Waals surface area contributed by atoms with Crippen molar-refractivity contribution in [3.8, 4) is 0 Å². The number of hydrogen-bond donors (Lipinski definition) is 1. The zero-order valence-electron chi connectivity index (χ0n) is 19.9. The van der Waals surface area contributed by atoms with E-state index < -0.39 is 12.1 Å². The zero-order valence-corrected chi connectivity index (χ0v) is 19.9. The van der Waals surface area contributed by atoms with Crippen LogP contribution in [-0.2, 0) is 20.9 Å². The van der Waals surface area contributed by atoms with Gasteiger partial charge < -0.3 is 14.7 Å². The van der Waals surface area contributed by atoms with Crippen LogP contribution in [0.3, 0.4) is 0 Å². The number of aryl methyl sites for hydroxylation is 1. The third-order valence-corrected chi connectivity index (χ3v) is 6.52. The first-order valence-electron chi connectivity index (χ1n) is 11.5. The van der Waals surface area contributed by atoms with Gasteiger partial charge in [0.15, 0.2) is 0 Å². The molecule has 1 amide bonds. The van der Waals surface area contributed by atoms with Crippen molar-refractivity contribution in [3.05, 3.63) is 71.3 Å². The molecular formula is C26H31F3N2O4. The molecule has 2 atom stereocenters. The quantitative estimate of drug-likeness (QED) is 0.684. The average Bonchev–Trinajstić information content (AvgIpc) is 3.00. The molecule has 0 saturated carbocycles. The molecular weight excluding hydrogens is 461 g/mol. The second-order valence-corrected chi connectivity index (χ2v) is 9.28. The molecule has 6 nitrogen and oxygen atoms in total. The van der Waals surface area contributed by atoms with Gasteiger partial charge in [-0.15, -0.1) is 0 Å². The van der Waals surface area contributed by atoms with Crippen LogP contribution in [-0.4, -0.2) is 65.8 Å². The Bertz CT molecular complexity index is 1020. The Labute approximate surface area is 203 Å². The SMILES string of the molecule is Cc1ccccc1CN1CCOCC2(CC(=O)N(C(C)c3ccccc3)C2)C1.O=C(O)C(F)(F)F. The number of carbonyl (C=O) groups excluding carboxylic acids is 1. The van der Waals surface area contributed by atoms with Crippen LogP contribution in [0.25, 0.3) is 0 Å². The summed E-state index contributed by atoms with van der Waals surface area (Å²) in [7, 11) is 0. The lowest BCUT2D eigenvalue weighted by molar-refractivity contribution is -0.192. The summed E-state index contributed by atoms with van der Waals surface area (Å²) in [6, 6.07) is 19.0. The molecule has 4 rings (SSSR count). The van der Waals surface area contributed by atoms with Gasteiger partial charge in [-0.25, -0.2) is 4.79 Å². The number of aliphatic carboxylic acids is 1. The third kappa shape index (κ3) is 7.05. The molecule has 2 aliphatic heterocycles. The molecule has 2 aliphatic rings. The number of ether oxygens (including phenoxy) is 1. The van der Waals surface area contributed by atoms with E-state index in [0.717, 1.165) is 32.8 Å². The summed E-state index contributed by atoms with van der Waals surface area (Å²) in [5.74, 6) is -2.51. The van der Waals surface area contributed by atoms with Crippen LogP contribution in [0.15, 0.2) is 54.6 Å². The Kier molecular flexibility index (Phi) is 8.56. The summed E-state index contributed by atoms with van der Waals surface area (Å²) in [5, 5.41) is 7.12. The van der Waals surface area contributed by atoms with Crippen molar-refractivity contribution in [1.29, 1.82) is 0 Å². The molecule has 0 aliphatic carbocycles. The van der Waals surface area contributed by atoms with Gasteiger partial charge in [0.25, 0.3) is 0 Å². The number of alkyl halides is 3. The number of rotatable bonds is 4. The third-order valence-electron chi connectivity index (χ3n) is 6.52. The van der Waals surface area contributed by atoms with Crippen molar-refractivity contribution in [1.82, 2.24) is 9.80 Å². The standard InChI is InChI=1S/C24H30N2O2.C2HF3O2/c1-19-8-6-7-11-22(19)15-25-12-13-28-18-24(16-25)14-23(27)26(17-24)20(2)21-9-4-3-5-10-21;3-2(4,5)1(6)7/h3-11,20H,12-18H2,1-2H3;(H,6,7). The van der Waals surface area contributed by atoms with Gasteiger partial charge in [-0.05, 0) is 30.5 Å². The number of carboxylic acid groups (broad SMARTS) is 1. The maximum absolute atomic E-state index is 12.9. The smallest absolute Gasteiger partial charge is 0.475 e. The molecule has 2 aromatic carbocycles. The minimum Gasteiger partial charge on any atom is -0.475 e. The van der Waals surface area contributed by atoms with E-state index in [1.165, 1.54) is 16.7 Å². The number of benzene rings is 2. The van der Waals surface area contributed by atoms with Crippen LogP contribution in [0.2, 0.25) is 0 Å². The molecule has 190 valence electrons. The first-order valence-corrected chi connectivity index (χ1v) is 11.5. The molecule has 2 fully saturated rings. The number of amides is 1. The number of nitrogens with zero attached hydrogens (tertiary/aromatic N) is 2. The fourth-order valence-electron chi connectivity index (χ4n) is 4.64. The maximum atomic E-state index is 12.9. The highest BCUT2D eigenvalue weighted by Crippen LogP contribution is 2.38. The van der Waals surface area contributed by atoms with Crippen LogP contribution in [0, 0.1) is 12.3 Å². The highest BCUT2D eigenvalue weighted by Gasteiger charge is 2.47. The summed E-state index contributed by atoms with van der Waals surface area (Å²) in [6.45, 7) is 9.21. The fraction of sp³-hybridized carbons (Fsp3) is 0.462. The predicted octanol–water partition coefficient (Wildman–Crippen LogP) is 4.44. The highest BCUT2D eigenvalue weighted by atomic mass is 19.4. The lowest BCUT2D eigenvalue weighted by atomic mass is 9.87. The lowest BCUT2D eigenvalue weighted by Crippen LogP contribution is -2.41. The van der Waals surface area contributed by atoms with E-state index in [1.54, 1.807) is 0 Å². The molecule has 0 aromatic heterocycles. The van der Waals surface area contributed by atoms with E-state index in [0.29, 0.717) is 13.0 Å². The van der Waals surface area contributed by atoms with Gasteiger partial charge in [0.05, 0.1) is 19.3 Å². The molecule has 35 heavy (non-hydrogen) atoms. The van der Waals surface area contributed by atoms with Crippen LogP contribution < -0.4 is 0 Å². The normalized spacial score (nSPS) is 21.9. The number of hydrogen-bond acceptors (Lipinski definition) is 4. The Hall–Kier alpha value is -2.91. The van der Waals surface area contributed by atoms with Crippen LogP contribution in [0.4, 0.5) is 13.2 Å². The Balaban J connectivity index is 0.000000429. The van der Waals surface area contributed by atoms with Gasteiger partial charge in [-0.3, -0.25) is 9.69 Å². The van der Waals surface area contributed by atoms with Crippen molar-refractivity contribution in [3.63, 3.8) is 0 Å². The number of likely N-dealkylation sites (tertiary alicyclic amines) is 1. The molecule has 2 saturated heterocycles. The summed E-state index contributed by atoms with van der Waals surface area (Å²) in [5.41, 5.74) is 3.76. The van der Waals surface area contributed by atoms with Crippen molar-refractivity contribution < 1.29 is 32.6 Å². The summed E-state index contributed by atoms with van der Waals surface area (Å²) in [6.07, 6.45) is -4.51. The van der Waals surface area contributed by atoms with E-state index in [9.17, 15) is 18.0 Å². The van der Waals surface area contributed by atoms with E-state index in [4.69, 9.17) is 14.6 Å². The molecule has 9 heteroatoms. The average molecular weight is 493 g/mol. The number of carbonyl (C=O) groups is 2. The second-order valence-electron chi connectivity index (χ2n) is 9.28. The van der Waals surface area contributed by atoms with Crippen molar-refractivity contribution in [2.75, 3.05) is 32.8 Å². The fourth-order valence-corrected chi connectivity index (χ4v) is 4.64. The molecule has 1 spiro atoms.